The van der Waals surface area contributed by atoms with Gasteiger partial charge in [0.15, 0.2) is 0 Å². The zero-order valence-corrected chi connectivity index (χ0v) is 7.48. The van der Waals surface area contributed by atoms with E-state index in [1.165, 1.54) is 5.56 Å². The molecule has 0 aliphatic rings. The Morgan fingerprint density at radius 3 is 3.08 bits per heavy atom. The smallest absolute Gasteiger partial charge is 0.0862 e. The van der Waals surface area contributed by atoms with E-state index in [1.54, 1.807) is 11.3 Å². The van der Waals surface area contributed by atoms with Crippen LogP contribution in [0.15, 0.2) is 17.6 Å². The molecule has 0 amide bonds. The molecule has 62 valence electrons. The summed E-state index contributed by atoms with van der Waals surface area (Å²) in [5.41, 5.74) is 7.65. The van der Waals surface area contributed by atoms with E-state index in [4.69, 9.17) is 5.84 Å². The maximum absolute atomic E-state index is 5.35. The van der Waals surface area contributed by atoms with Crippen LogP contribution in [0, 0.1) is 6.92 Å². The number of rotatable bonds is 1. The number of hydrazine groups is 1. The third-order valence-corrected chi connectivity index (χ3v) is 2.70. The lowest BCUT2D eigenvalue weighted by Crippen LogP contribution is -2.06. The molecule has 0 saturated heterocycles. The number of fused-ring (bicyclic) bond motifs is 1. The maximum atomic E-state index is 5.35. The molecule has 0 aliphatic carbocycles. The highest BCUT2D eigenvalue weighted by molar-refractivity contribution is 7.17. The van der Waals surface area contributed by atoms with Gasteiger partial charge in [-0.2, -0.15) is 0 Å². The minimum Gasteiger partial charge on any atom is -0.323 e. The van der Waals surface area contributed by atoms with Crippen LogP contribution in [0.2, 0.25) is 0 Å². The summed E-state index contributed by atoms with van der Waals surface area (Å²) >= 11 is 1.60. The average molecular weight is 179 g/mol. The SMILES string of the molecule is Cc1ccc(NN)c2scnc12. The number of nitrogens with one attached hydrogen (secondary N) is 1. The first-order valence-electron chi connectivity index (χ1n) is 3.62. The monoisotopic (exact) mass is 179 g/mol. The van der Waals surface area contributed by atoms with E-state index < -0.39 is 0 Å². The summed E-state index contributed by atoms with van der Waals surface area (Å²) in [7, 11) is 0. The number of hydrogen-bond donors (Lipinski definition) is 2. The molecular formula is C8H9N3S. The highest BCUT2D eigenvalue weighted by Gasteiger charge is 2.03. The lowest BCUT2D eigenvalue weighted by atomic mass is 10.2. The van der Waals surface area contributed by atoms with Crippen molar-refractivity contribution in [1.82, 2.24) is 4.98 Å². The van der Waals surface area contributed by atoms with Crippen LogP contribution in [0.1, 0.15) is 5.56 Å². The molecule has 0 unspecified atom stereocenters. The van der Waals surface area contributed by atoms with Crippen molar-refractivity contribution in [2.24, 2.45) is 5.84 Å². The van der Waals surface area contributed by atoms with Gasteiger partial charge >= 0.3 is 0 Å². The minimum atomic E-state index is 0.943. The van der Waals surface area contributed by atoms with Gasteiger partial charge < -0.3 is 5.43 Å². The third kappa shape index (κ3) is 0.964. The first-order valence-corrected chi connectivity index (χ1v) is 4.50. The van der Waals surface area contributed by atoms with Crippen LogP contribution in [0.25, 0.3) is 10.2 Å². The number of aryl methyl sites for hydroxylation is 1. The van der Waals surface area contributed by atoms with Crippen molar-refractivity contribution in [3.05, 3.63) is 23.2 Å². The molecule has 1 aromatic heterocycles. The Hall–Kier alpha value is -1.13. The van der Waals surface area contributed by atoms with E-state index in [2.05, 4.69) is 10.4 Å². The number of benzene rings is 1. The number of thiazole rings is 1. The van der Waals surface area contributed by atoms with Crippen LogP contribution in [0.4, 0.5) is 5.69 Å². The summed E-state index contributed by atoms with van der Waals surface area (Å²) in [5, 5.41) is 0. The number of nitrogen functional groups attached to an aromatic ring is 1. The third-order valence-electron chi connectivity index (χ3n) is 1.84. The number of anilines is 1. The Kier molecular flexibility index (Phi) is 1.71. The van der Waals surface area contributed by atoms with Crippen LogP contribution >= 0.6 is 11.3 Å². The number of nitrogens with two attached hydrogens (primary N) is 1. The first-order chi connectivity index (χ1) is 5.83. The maximum Gasteiger partial charge on any atom is 0.0862 e. The van der Waals surface area contributed by atoms with Crippen LogP contribution in [-0.2, 0) is 0 Å². The van der Waals surface area contributed by atoms with Gasteiger partial charge in [-0.25, -0.2) is 4.98 Å². The number of hydrogen-bond acceptors (Lipinski definition) is 4. The van der Waals surface area contributed by atoms with Gasteiger partial charge in [-0.05, 0) is 18.6 Å². The first kappa shape index (κ1) is 7.52. The van der Waals surface area contributed by atoms with E-state index >= 15 is 0 Å². The molecule has 1 aromatic carbocycles. The lowest BCUT2D eigenvalue weighted by molar-refractivity contribution is 1.36. The quantitative estimate of drug-likeness (QED) is 0.519. The number of nitrogens with zero attached hydrogens (tertiary/aromatic N) is 1. The molecule has 4 heteroatoms. The Morgan fingerprint density at radius 2 is 2.33 bits per heavy atom. The Bertz CT molecular complexity index is 408. The average Bonchev–Trinajstić information content (AvgIpc) is 2.54. The molecule has 0 fully saturated rings. The molecule has 0 aliphatic heterocycles. The zero-order chi connectivity index (χ0) is 8.55. The van der Waals surface area contributed by atoms with Crippen molar-refractivity contribution >= 4 is 27.2 Å². The standard InChI is InChI=1S/C8H9N3S/c1-5-2-3-6(11-9)8-7(5)10-4-12-8/h2-4,11H,9H2,1H3. The van der Waals surface area contributed by atoms with Crippen molar-refractivity contribution in [3.8, 4) is 0 Å². The predicted octanol–water partition coefficient (Wildman–Crippen LogP) is 1.89. The molecule has 12 heavy (non-hydrogen) atoms. The summed E-state index contributed by atoms with van der Waals surface area (Å²) in [6.45, 7) is 2.04. The summed E-state index contributed by atoms with van der Waals surface area (Å²) in [6.07, 6.45) is 0. The summed E-state index contributed by atoms with van der Waals surface area (Å²) in [4.78, 5) is 4.25. The minimum absolute atomic E-state index is 0.943. The topological polar surface area (TPSA) is 50.9 Å². The fraction of sp³-hybridized carbons (Fsp3) is 0.125. The second kappa shape index (κ2) is 2.73. The van der Waals surface area contributed by atoms with Crippen LogP contribution in [-0.4, -0.2) is 4.98 Å². The molecular weight excluding hydrogens is 170 g/mol. The highest BCUT2D eigenvalue weighted by Crippen LogP contribution is 2.28. The predicted molar refractivity (Wildman–Crippen MR) is 52.2 cm³/mol. The van der Waals surface area contributed by atoms with Gasteiger partial charge in [-0.3, -0.25) is 5.84 Å². The fourth-order valence-electron chi connectivity index (χ4n) is 1.19. The van der Waals surface area contributed by atoms with E-state index in [9.17, 15) is 0 Å². The van der Waals surface area contributed by atoms with Crippen molar-refractivity contribution in [1.29, 1.82) is 0 Å². The molecule has 0 radical (unpaired) electrons. The van der Waals surface area contributed by atoms with Gasteiger partial charge in [0.25, 0.3) is 0 Å². The van der Waals surface area contributed by atoms with Gasteiger partial charge in [0, 0.05) is 0 Å². The molecule has 3 N–H and O–H groups in total. The molecule has 0 saturated carbocycles. The Balaban J connectivity index is 2.82. The zero-order valence-electron chi connectivity index (χ0n) is 6.66. The molecule has 0 atom stereocenters. The van der Waals surface area contributed by atoms with E-state index in [1.807, 2.05) is 24.6 Å². The Morgan fingerprint density at radius 1 is 1.50 bits per heavy atom. The van der Waals surface area contributed by atoms with Crippen molar-refractivity contribution in [3.63, 3.8) is 0 Å². The van der Waals surface area contributed by atoms with Crippen LogP contribution < -0.4 is 11.3 Å². The van der Waals surface area contributed by atoms with Gasteiger partial charge in [-0.1, -0.05) is 6.07 Å². The normalized spacial score (nSPS) is 10.5. The van der Waals surface area contributed by atoms with E-state index in [-0.39, 0.29) is 0 Å². The molecule has 2 aromatic rings. The van der Waals surface area contributed by atoms with Crippen molar-refractivity contribution in [2.45, 2.75) is 6.92 Å². The fourth-order valence-corrected chi connectivity index (χ4v) is 2.04. The lowest BCUT2D eigenvalue weighted by Gasteiger charge is -2.01. The van der Waals surface area contributed by atoms with Crippen molar-refractivity contribution < 1.29 is 0 Å². The summed E-state index contributed by atoms with van der Waals surface area (Å²) < 4.78 is 1.12. The van der Waals surface area contributed by atoms with Gasteiger partial charge in [0.2, 0.25) is 0 Å². The Labute approximate surface area is 74.2 Å². The second-order valence-electron chi connectivity index (χ2n) is 2.60. The molecule has 0 spiro atoms. The number of aromatic nitrogens is 1. The van der Waals surface area contributed by atoms with E-state index in [0.29, 0.717) is 0 Å². The van der Waals surface area contributed by atoms with Crippen LogP contribution in [0.3, 0.4) is 0 Å². The van der Waals surface area contributed by atoms with Gasteiger partial charge in [0.05, 0.1) is 21.4 Å². The molecule has 3 nitrogen and oxygen atoms in total. The van der Waals surface area contributed by atoms with Gasteiger partial charge in [-0.15, -0.1) is 11.3 Å². The van der Waals surface area contributed by atoms with Gasteiger partial charge in [0.1, 0.15) is 0 Å². The van der Waals surface area contributed by atoms with Crippen molar-refractivity contribution in [2.75, 3.05) is 5.43 Å². The van der Waals surface area contributed by atoms with E-state index in [0.717, 1.165) is 15.9 Å². The van der Waals surface area contributed by atoms with Crippen LogP contribution in [0.5, 0.6) is 0 Å². The largest absolute Gasteiger partial charge is 0.323 e. The molecule has 0 bridgehead atoms. The molecule has 1 heterocycles. The summed E-state index contributed by atoms with van der Waals surface area (Å²) in [6, 6.07) is 3.98. The second-order valence-corrected chi connectivity index (χ2v) is 3.46. The summed E-state index contributed by atoms with van der Waals surface area (Å²) in [5.74, 6) is 5.35. The molecule has 2 rings (SSSR count). The highest BCUT2D eigenvalue weighted by atomic mass is 32.1.